The first-order chi connectivity index (χ1) is 5.91. The molecule has 1 unspecified atom stereocenters. The molecule has 1 aromatic heterocycles. The van der Waals surface area contributed by atoms with E-state index in [1.807, 2.05) is 0 Å². The van der Waals surface area contributed by atoms with E-state index in [2.05, 4.69) is 4.98 Å². The number of nitrogens with zero attached hydrogens (tertiary/aromatic N) is 1. The van der Waals surface area contributed by atoms with Crippen molar-refractivity contribution in [1.82, 2.24) is 4.98 Å². The van der Waals surface area contributed by atoms with Crippen molar-refractivity contribution in [2.24, 2.45) is 5.73 Å². The Labute approximate surface area is 85.7 Å². The Bertz CT molecular complexity index is 299. The second kappa shape index (κ2) is 4.61. The predicted octanol–water partition coefficient (Wildman–Crippen LogP) is 2.54. The van der Waals surface area contributed by atoms with Crippen LogP contribution in [0.15, 0.2) is 18.3 Å². The van der Waals surface area contributed by atoms with Gasteiger partial charge in [0.15, 0.2) is 0 Å². The molecule has 80 valence electrons. The highest BCUT2D eigenvalue weighted by Crippen LogP contribution is 2.29. The van der Waals surface area contributed by atoms with Crippen LogP contribution in [0, 0.1) is 0 Å². The molecule has 0 aromatic carbocycles. The summed E-state index contributed by atoms with van der Waals surface area (Å²) >= 11 is 0. The second-order valence-corrected chi connectivity index (χ2v) is 2.76. The van der Waals surface area contributed by atoms with Gasteiger partial charge in [0.25, 0.3) is 0 Å². The van der Waals surface area contributed by atoms with E-state index in [1.165, 1.54) is 0 Å². The molecule has 0 spiro atoms. The number of halogens is 4. The van der Waals surface area contributed by atoms with E-state index in [0.717, 1.165) is 18.3 Å². The van der Waals surface area contributed by atoms with Crippen molar-refractivity contribution in [2.75, 3.05) is 0 Å². The summed E-state index contributed by atoms with van der Waals surface area (Å²) in [7, 11) is 0. The molecule has 1 heterocycles. The van der Waals surface area contributed by atoms with E-state index in [1.54, 1.807) is 6.92 Å². The lowest BCUT2D eigenvalue weighted by atomic mass is 10.1. The topological polar surface area (TPSA) is 38.9 Å². The summed E-state index contributed by atoms with van der Waals surface area (Å²) in [5.41, 5.74) is 4.93. The number of hydrogen-bond acceptors (Lipinski definition) is 2. The van der Waals surface area contributed by atoms with E-state index in [-0.39, 0.29) is 18.1 Å². The lowest BCUT2D eigenvalue weighted by molar-refractivity contribution is -0.137. The minimum atomic E-state index is -4.33. The van der Waals surface area contributed by atoms with Crippen LogP contribution in [0.3, 0.4) is 0 Å². The number of pyridine rings is 1. The van der Waals surface area contributed by atoms with Crippen LogP contribution in [0.4, 0.5) is 13.2 Å². The summed E-state index contributed by atoms with van der Waals surface area (Å²) in [4.78, 5) is 3.73. The van der Waals surface area contributed by atoms with Crippen LogP contribution in [0.25, 0.3) is 0 Å². The molecule has 0 aliphatic rings. The highest BCUT2D eigenvalue weighted by atomic mass is 35.5. The highest BCUT2D eigenvalue weighted by Gasteiger charge is 2.30. The summed E-state index contributed by atoms with van der Waals surface area (Å²) in [6, 6.07) is 1.40. The van der Waals surface area contributed by atoms with Crippen LogP contribution in [-0.4, -0.2) is 4.98 Å². The maximum absolute atomic E-state index is 12.2. The Kier molecular flexibility index (Phi) is 4.35. The molecule has 0 saturated carbocycles. The van der Waals surface area contributed by atoms with Crippen LogP contribution in [-0.2, 0) is 6.18 Å². The van der Waals surface area contributed by atoms with Crippen molar-refractivity contribution in [3.63, 3.8) is 0 Å². The predicted molar refractivity (Wildman–Crippen MR) is 49.1 cm³/mol. The summed E-state index contributed by atoms with van der Waals surface area (Å²) in [6.45, 7) is 1.59. The molecule has 0 radical (unpaired) electrons. The van der Waals surface area contributed by atoms with Gasteiger partial charge in [-0.15, -0.1) is 12.4 Å². The third-order valence-electron chi connectivity index (χ3n) is 1.57. The zero-order valence-electron chi connectivity index (χ0n) is 7.38. The Balaban J connectivity index is 0.00000169. The molecule has 6 heteroatoms. The Hall–Kier alpha value is -0.810. The van der Waals surface area contributed by atoms with E-state index >= 15 is 0 Å². The summed E-state index contributed by atoms with van der Waals surface area (Å²) < 4.78 is 36.5. The number of rotatable bonds is 1. The van der Waals surface area contributed by atoms with Gasteiger partial charge in [-0.3, -0.25) is 4.98 Å². The molecule has 0 saturated heterocycles. The van der Waals surface area contributed by atoms with Gasteiger partial charge in [-0.2, -0.15) is 13.2 Å². The summed E-state index contributed by atoms with van der Waals surface area (Å²) in [5.74, 6) is 0. The Morgan fingerprint density at radius 3 is 2.43 bits per heavy atom. The minimum Gasteiger partial charge on any atom is -0.323 e. The van der Waals surface area contributed by atoms with Crippen LogP contribution >= 0.6 is 12.4 Å². The molecular formula is C8H10ClF3N2. The Morgan fingerprint density at radius 1 is 1.43 bits per heavy atom. The van der Waals surface area contributed by atoms with Crippen LogP contribution in [0.1, 0.15) is 24.2 Å². The fourth-order valence-electron chi connectivity index (χ4n) is 0.874. The zero-order chi connectivity index (χ0) is 10.1. The van der Waals surface area contributed by atoms with E-state index in [0.29, 0.717) is 0 Å². The van der Waals surface area contributed by atoms with Gasteiger partial charge in [-0.25, -0.2) is 0 Å². The lowest BCUT2D eigenvalue weighted by Crippen LogP contribution is -2.11. The lowest BCUT2D eigenvalue weighted by Gasteiger charge is -2.09. The fraction of sp³-hybridized carbons (Fsp3) is 0.375. The standard InChI is InChI=1S/C8H9F3N2.ClH/c1-5(12)7-4-6(2-3-13-7)8(9,10)11;/h2-5H,12H2,1H3;1H. The average Bonchev–Trinajstić information content (AvgIpc) is 2.03. The fourth-order valence-corrected chi connectivity index (χ4v) is 0.874. The molecule has 1 aromatic rings. The molecule has 2 nitrogen and oxygen atoms in total. The molecule has 1 rings (SSSR count). The summed E-state index contributed by atoms with van der Waals surface area (Å²) in [5, 5.41) is 0. The monoisotopic (exact) mass is 226 g/mol. The number of hydrogen-bond donors (Lipinski definition) is 1. The van der Waals surface area contributed by atoms with Gasteiger partial charge in [0.05, 0.1) is 11.3 Å². The van der Waals surface area contributed by atoms with Gasteiger partial charge >= 0.3 is 6.18 Å². The maximum atomic E-state index is 12.2. The van der Waals surface area contributed by atoms with Crippen LogP contribution < -0.4 is 5.73 Å². The van der Waals surface area contributed by atoms with Gasteiger partial charge in [0, 0.05) is 12.2 Å². The smallest absolute Gasteiger partial charge is 0.323 e. The van der Waals surface area contributed by atoms with Gasteiger partial charge in [-0.05, 0) is 19.1 Å². The third kappa shape index (κ3) is 3.16. The largest absolute Gasteiger partial charge is 0.416 e. The molecule has 0 aliphatic carbocycles. The first-order valence-electron chi connectivity index (χ1n) is 3.70. The molecule has 0 bridgehead atoms. The van der Waals surface area contributed by atoms with Crippen molar-refractivity contribution in [3.05, 3.63) is 29.6 Å². The first kappa shape index (κ1) is 13.2. The van der Waals surface area contributed by atoms with Crippen molar-refractivity contribution < 1.29 is 13.2 Å². The van der Waals surface area contributed by atoms with E-state index in [4.69, 9.17) is 5.73 Å². The van der Waals surface area contributed by atoms with Crippen LogP contribution in [0.2, 0.25) is 0 Å². The number of aromatic nitrogens is 1. The maximum Gasteiger partial charge on any atom is 0.416 e. The average molecular weight is 227 g/mol. The molecule has 2 N–H and O–H groups in total. The van der Waals surface area contributed by atoms with Gasteiger partial charge < -0.3 is 5.73 Å². The number of alkyl halides is 3. The molecular weight excluding hydrogens is 217 g/mol. The second-order valence-electron chi connectivity index (χ2n) is 2.76. The van der Waals surface area contributed by atoms with Gasteiger partial charge in [-0.1, -0.05) is 0 Å². The Morgan fingerprint density at radius 2 is 2.00 bits per heavy atom. The number of nitrogens with two attached hydrogens (primary N) is 1. The molecule has 14 heavy (non-hydrogen) atoms. The highest BCUT2D eigenvalue weighted by molar-refractivity contribution is 5.85. The van der Waals surface area contributed by atoms with E-state index in [9.17, 15) is 13.2 Å². The van der Waals surface area contributed by atoms with Gasteiger partial charge in [0.2, 0.25) is 0 Å². The third-order valence-corrected chi connectivity index (χ3v) is 1.57. The first-order valence-corrected chi connectivity index (χ1v) is 3.70. The van der Waals surface area contributed by atoms with Gasteiger partial charge in [0.1, 0.15) is 0 Å². The van der Waals surface area contributed by atoms with Crippen molar-refractivity contribution in [2.45, 2.75) is 19.1 Å². The molecule has 1 atom stereocenters. The zero-order valence-corrected chi connectivity index (χ0v) is 8.19. The molecule has 0 fully saturated rings. The molecule has 0 aliphatic heterocycles. The van der Waals surface area contributed by atoms with Crippen molar-refractivity contribution in [1.29, 1.82) is 0 Å². The SMILES string of the molecule is CC(N)c1cc(C(F)(F)F)ccn1.Cl. The normalized spacial score (nSPS) is 13.2. The molecule has 0 amide bonds. The van der Waals surface area contributed by atoms with Crippen LogP contribution in [0.5, 0.6) is 0 Å². The summed E-state index contributed by atoms with van der Waals surface area (Å²) in [6.07, 6.45) is -3.21. The minimum absolute atomic E-state index is 0. The quantitative estimate of drug-likeness (QED) is 0.799. The van der Waals surface area contributed by atoms with Crippen molar-refractivity contribution in [3.8, 4) is 0 Å². The van der Waals surface area contributed by atoms with E-state index < -0.39 is 17.8 Å². The van der Waals surface area contributed by atoms with Crippen molar-refractivity contribution >= 4 is 12.4 Å².